The highest BCUT2D eigenvalue weighted by Crippen LogP contribution is 2.61. The van der Waals surface area contributed by atoms with Gasteiger partial charge >= 0.3 is 0 Å². The Kier molecular flexibility index (Phi) is 2.15. The second kappa shape index (κ2) is 3.20. The van der Waals surface area contributed by atoms with E-state index in [4.69, 9.17) is 5.14 Å². The number of hydrogen-bond donors (Lipinski definition) is 1. The van der Waals surface area contributed by atoms with Crippen LogP contribution in [0.4, 0.5) is 0 Å². The molecule has 0 saturated heterocycles. The van der Waals surface area contributed by atoms with Crippen LogP contribution in [0.5, 0.6) is 0 Å². The van der Waals surface area contributed by atoms with Crippen LogP contribution in [0.25, 0.3) is 0 Å². The molecule has 17 heavy (non-hydrogen) atoms. The third kappa shape index (κ3) is 1.52. The third-order valence-corrected chi connectivity index (χ3v) is 6.05. The van der Waals surface area contributed by atoms with Crippen molar-refractivity contribution in [1.82, 2.24) is 0 Å². The highest BCUT2D eigenvalue weighted by atomic mass is 32.2. The summed E-state index contributed by atoms with van der Waals surface area (Å²) in [5, 5.41) is 5.22. The zero-order chi connectivity index (χ0) is 12.4. The van der Waals surface area contributed by atoms with Crippen LogP contribution in [-0.4, -0.2) is 14.2 Å². The molecule has 0 heterocycles. The molecule has 4 rings (SSSR count). The number of primary sulfonamides is 1. The second-order valence-electron chi connectivity index (χ2n) is 5.99. The number of allylic oxidation sites excluding steroid dienone is 1. The molecule has 4 nitrogen and oxygen atoms in total. The van der Waals surface area contributed by atoms with Gasteiger partial charge in [-0.15, -0.1) is 0 Å². The van der Waals surface area contributed by atoms with Crippen molar-refractivity contribution < 1.29 is 13.2 Å². The van der Waals surface area contributed by atoms with Gasteiger partial charge in [-0.05, 0) is 38.0 Å². The lowest BCUT2D eigenvalue weighted by Gasteiger charge is -2.55. The minimum absolute atomic E-state index is 0.0553. The van der Waals surface area contributed by atoms with Crippen LogP contribution < -0.4 is 5.14 Å². The standard InChI is InChI=1S/C12H17NO3S/c1-7(17(13,15)16)12-4-8-2-9(5-12)11(14)10(3-8)6-12/h8-10H,1-6H2,(H2,13,15,16). The average molecular weight is 255 g/mol. The molecule has 94 valence electrons. The van der Waals surface area contributed by atoms with Gasteiger partial charge in [0.25, 0.3) is 0 Å². The van der Waals surface area contributed by atoms with Gasteiger partial charge in [0.05, 0.1) is 4.91 Å². The first-order valence-corrected chi connectivity index (χ1v) is 7.62. The molecule has 4 aliphatic rings. The first-order chi connectivity index (χ1) is 7.82. The van der Waals surface area contributed by atoms with Crippen molar-refractivity contribution >= 4 is 15.8 Å². The van der Waals surface area contributed by atoms with E-state index in [9.17, 15) is 13.2 Å². The number of sulfonamides is 1. The number of Topliss-reactive ketones (excluding diaryl/α,β-unsaturated/α-hetero) is 1. The number of hydrogen-bond acceptors (Lipinski definition) is 3. The fourth-order valence-electron chi connectivity index (χ4n) is 4.39. The SMILES string of the molecule is C=C(C12CC3CC(C1)C(=O)C(C3)C2)S(N)(=O)=O. The molecule has 4 fully saturated rings. The maximum absolute atomic E-state index is 12.0. The molecule has 4 saturated carbocycles. The fourth-order valence-corrected chi connectivity index (χ4v) is 5.24. The van der Waals surface area contributed by atoms with Crippen LogP contribution in [0.2, 0.25) is 0 Å². The maximum Gasteiger partial charge on any atom is 0.234 e. The smallest absolute Gasteiger partial charge is 0.234 e. The average Bonchev–Trinajstić information content (AvgIpc) is 2.22. The summed E-state index contributed by atoms with van der Waals surface area (Å²) in [6.45, 7) is 3.72. The van der Waals surface area contributed by atoms with Gasteiger partial charge in [0.2, 0.25) is 10.0 Å². The van der Waals surface area contributed by atoms with Crippen LogP contribution in [0.3, 0.4) is 0 Å². The predicted molar refractivity (Wildman–Crippen MR) is 63.2 cm³/mol. The Morgan fingerprint density at radius 1 is 1.24 bits per heavy atom. The molecule has 0 aliphatic heterocycles. The monoisotopic (exact) mass is 255 g/mol. The minimum atomic E-state index is -3.69. The van der Waals surface area contributed by atoms with E-state index < -0.39 is 15.4 Å². The van der Waals surface area contributed by atoms with E-state index in [0.717, 1.165) is 19.3 Å². The van der Waals surface area contributed by atoms with E-state index in [2.05, 4.69) is 6.58 Å². The fraction of sp³-hybridized carbons (Fsp3) is 0.750. The zero-order valence-corrected chi connectivity index (χ0v) is 10.5. The summed E-state index contributed by atoms with van der Waals surface area (Å²) < 4.78 is 23.0. The van der Waals surface area contributed by atoms with Gasteiger partial charge in [-0.2, -0.15) is 0 Å². The Morgan fingerprint density at radius 3 is 2.24 bits per heavy atom. The first kappa shape index (κ1) is 11.4. The minimum Gasteiger partial charge on any atom is -0.299 e. The lowest BCUT2D eigenvalue weighted by atomic mass is 9.49. The van der Waals surface area contributed by atoms with Gasteiger partial charge in [0, 0.05) is 17.3 Å². The predicted octanol–water partition coefficient (Wildman–Crippen LogP) is 1.18. The van der Waals surface area contributed by atoms with Crippen LogP contribution in [0, 0.1) is 23.2 Å². The molecular weight excluding hydrogens is 238 g/mol. The number of carbonyl (C=O) groups excluding carboxylic acids is 1. The molecule has 0 radical (unpaired) electrons. The summed E-state index contributed by atoms with van der Waals surface area (Å²) in [5.41, 5.74) is -0.405. The number of ketones is 1. The summed E-state index contributed by atoms with van der Waals surface area (Å²) in [5.74, 6) is 0.946. The second-order valence-corrected chi connectivity index (χ2v) is 7.58. The number of carbonyl (C=O) groups is 1. The van der Waals surface area contributed by atoms with Gasteiger partial charge < -0.3 is 0 Å². The van der Waals surface area contributed by atoms with E-state index >= 15 is 0 Å². The highest BCUT2D eigenvalue weighted by Gasteiger charge is 2.57. The molecule has 0 amide bonds. The van der Waals surface area contributed by atoms with Crippen molar-refractivity contribution in [2.75, 3.05) is 0 Å². The van der Waals surface area contributed by atoms with Crippen LogP contribution in [0.1, 0.15) is 32.1 Å². The van der Waals surface area contributed by atoms with Crippen molar-refractivity contribution in [3.8, 4) is 0 Å². The Bertz CT molecular complexity index is 490. The summed E-state index contributed by atoms with van der Waals surface area (Å²) in [4.78, 5) is 12.1. The van der Waals surface area contributed by atoms with Crippen LogP contribution >= 0.6 is 0 Å². The number of nitrogens with two attached hydrogens (primary N) is 1. The first-order valence-electron chi connectivity index (χ1n) is 6.08. The quantitative estimate of drug-likeness (QED) is 0.805. The van der Waals surface area contributed by atoms with Gasteiger partial charge in [0.1, 0.15) is 5.78 Å². The van der Waals surface area contributed by atoms with Gasteiger partial charge in [-0.25, -0.2) is 13.6 Å². The molecule has 2 N–H and O–H groups in total. The summed E-state index contributed by atoms with van der Waals surface area (Å²) >= 11 is 0. The van der Waals surface area contributed by atoms with Crippen molar-refractivity contribution in [3.63, 3.8) is 0 Å². The molecular formula is C12H17NO3S. The van der Waals surface area contributed by atoms with Gasteiger partial charge in [0.15, 0.2) is 0 Å². The van der Waals surface area contributed by atoms with Crippen molar-refractivity contribution in [2.45, 2.75) is 32.1 Å². The lowest BCUT2D eigenvalue weighted by molar-refractivity contribution is -0.144. The van der Waals surface area contributed by atoms with E-state index in [1.54, 1.807) is 0 Å². The Balaban J connectivity index is 2.01. The molecule has 0 aromatic rings. The van der Waals surface area contributed by atoms with Crippen LogP contribution in [-0.2, 0) is 14.8 Å². The molecule has 4 bridgehead atoms. The molecule has 0 spiro atoms. The normalized spacial score (nSPS) is 44.1. The summed E-state index contributed by atoms with van der Waals surface area (Å²) in [7, 11) is -3.69. The van der Waals surface area contributed by atoms with E-state index in [1.807, 2.05) is 0 Å². The zero-order valence-electron chi connectivity index (χ0n) is 9.69. The molecule has 4 aliphatic carbocycles. The third-order valence-electron chi connectivity index (χ3n) is 4.93. The number of rotatable bonds is 2. The van der Waals surface area contributed by atoms with Crippen molar-refractivity contribution in [2.24, 2.45) is 28.3 Å². The van der Waals surface area contributed by atoms with Crippen LogP contribution in [0.15, 0.2) is 11.5 Å². The maximum atomic E-state index is 12.0. The Hall–Kier alpha value is -0.680. The lowest BCUT2D eigenvalue weighted by Crippen LogP contribution is -2.53. The largest absolute Gasteiger partial charge is 0.299 e. The van der Waals surface area contributed by atoms with Gasteiger partial charge in [-0.1, -0.05) is 6.58 Å². The van der Waals surface area contributed by atoms with E-state index in [-0.39, 0.29) is 16.7 Å². The highest BCUT2D eigenvalue weighted by molar-refractivity contribution is 7.93. The van der Waals surface area contributed by atoms with E-state index in [1.165, 1.54) is 0 Å². The van der Waals surface area contributed by atoms with Crippen molar-refractivity contribution in [3.05, 3.63) is 11.5 Å². The molecule has 5 heteroatoms. The summed E-state index contributed by atoms with van der Waals surface area (Å²) in [6.07, 6.45) is 4.02. The Morgan fingerprint density at radius 2 is 1.76 bits per heavy atom. The Labute approximate surface area is 101 Å². The molecule has 0 aromatic heterocycles. The molecule has 2 atom stereocenters. The van der Waals surface area contributed by atoms with E-state index in [0.29, 0.717) is 24.5 Å². The summed E-state index contributed by atoms with van der Waals surface area (Å²) in [6, 6.07) is 0. The molecule has 2 unspecified atom stereocenters. The molecule has 0 aromatic carbocycles. The topological polar surface area (TPSA) is 77.2 Å². The van der Waals surface area contributed by atoms with Crippen molar-refractivity contribution in [1.29, 1.82) is 0 Å². The van der Waals surface area contributed by atoms with Gasteiger partial charge in [-0.3, -0.25) is 4.79 Å².